The Morgan fingerprint density at radius 1 is 1.07 bits per heavy atom. The lowest BCUT2D eigenvalue weighted by Crippen LogP contribution is -2.45. The van der Waals surface area contributed by atoms with Crippen LogP contribution in [0.5, 0.6) is 0 Å². The van der Waals surface area contributed by atoms with Gasteiger partial charge >= 0.3 is 0 Å². The first-order valence-electron chi connectivity index (χ1n) is 8.88. The highest BCUT2D eigenvalue weighted by Crippen LogP contribution is 2.23. The van der Waals surface area contributed by atoms with Crippen LogP contribution in [0, 0.1) is 5.82 Å². The van der Waals surface area contributed by atoms with Crippen LogP contribution in [0.3, 0.4) is 0 Å². The average molecular weight is 388 g/mol. The fourth-order valence-electron chi connectivity index (χ4n) is 3.42. The number of hydrogen-bond acceptors (Lipinski definition) is 4. The van der Waals surface area contributed by atoms with Crippen molar-refractivity contribution in [2.24, 2.45) is 0 Å². The fourth-order valence-corrected chi connectivity index (χ4v) is 3.42. The number of hydrogen-bond donors (Lipinski definition) is 1. The monoisotopic (exact) mass is 387 g/mol. The number of rotatable bonds is 5. The molecule has 1 aliphatic heterocycles. The number of nitrogens with one attached hydrogen (secondary N) is 1. The van der Waals surface area contributed by atoms with Gasteiger partial charge in [-0.25, -0.2) is 4.39 Å². The van der Waals surface area contributed by atoms with E-state index in [0.29, 0.717) is 12.6 Å². The van der Waals surface area contributed by atoms with Crippen LogP contribution in [-0.4, -0.2) is 39.3 Å². The number of piperazine rings is 1. The highest BCUT2D eigenvalue weighted by molar-refractivity contribution is 5.85. The molecule has 0 aliphatic carbocycles. The number of nitrogens with zero attached hydrogens (tertiary/aromatic N) is 4. The summed E-state index contributed by atoms with van der Waals surface area (Å²) in [6, 6.07) is 11.0. The van der Waals surface area contributed by atoms with Gasteiger partial charge in [-0.15, -0.1) is 12.4 Å². The molecule has 1 atom stereocenters. The minimum absolute atomic E-state index is 0. The predicted octanol–water partition coefficient (Wildman–Crippen LogP) is 3.03. The maximum Gasteiger partial charge on any atom is 0.123 e. The molecule has 3 heterocycles. The van der Waals surface area contributed by atoms with Crippen LogP contribution in [0.15, 0.2) is 61.2 Å². The quantitative estimate of drug-likeness (QED) is 0.731. The summed E-state index contributed by atoms with van der Waals surface area (Å²) in [6.07, 6.45) is 7.75. The Morgan fingerprint density at radius 3 is 2.70 bits per heavy atom. The summed E-state index contributed by atoms with van der Waals surface area (Å²) in [6.45, 7) is 4.40. The lowest BCUT2D eigenvalue weighted by atomic mass is 10.0. The van der Waals surface area contributed by atoms with E-state index >= 15 is 0 Å². The van der Waals surface area contributed by atoms with E-state index in [1.807, 2.05) is 29.3 Å². The molecule has 7 heteroatoms. The Hall–Kier alpha value is -2.28. The lowest BCUT2D eigenvalue weighted by Gasteiger charge is -2.36. The van der Waals surface area contributed by atoms with E-state index in [9.17, 15) is 4.39 Å². The molecule has 4 rings (SSSR count). The molecule has 0 amide bonds. The minimum atomic E-state index is -0.213. The fraction of sp³-hybridized carbons (Fsp3) is 0.300. The van der Waals surface area contributed by atoms with E-state index in [1.165, 1.54) is 23.3 Å². The topological polar surface area (TPSA) is 46.0 Å². The number of halogens is 2. The SMILES string of the molecule is Cl.Fc1ccc(Cn2cc(CN3CCNCC3c3cccnc3)cn2)cc1. The summed E-state index contributed by atoms with van der Waals surface area (Å²) in [5, 5.41) is 7.94. The van der Waals surface area contributed by atoms with Crippen LogP contribution in [-0.2, 0) is 13.1 Å². The zero-order valence-corrected chi connectivity index (χ0v) is 15.8. The first-order chi connectivity index (χ1) is 12.8. The standard InChI is InChI=1S/C20H22FN5.ClH/c21-19-5-3-16(4-6-19)14-26-15-17(10-24-26)13-25-9-8-23-12-20(25)18-2-1-7-22-11-18;/h1-7,10-11,15,20,23H,8-9,12-14H2;1H. The molecule has 1 fully saturated rings. The zero-order chi connectivity index (χ0) is 17.8. The first-order valence-corrected chi connectivity index (χ1v) is 8.88. The second kappa shape index (κ2) is 9.08. The normalized spacial score (nSPS) is 17.4. The Balaban J connectivity index is 0.00000210. The van der Waals surface area contributed by atoms with Crippen LogP contribution in [0.2, 0.25) is 0 Å². The Morgan fingerprint density at radius 2 is 1.93 bits per heavy atom. The molecule has 1 unspecified atom stereocenters. The maximum absolute atomic E-state index is 13.0. The minimum Gasteiger partial charge on any atom is -0.314 e. The largest absolute Gasteiger partial charge is 0.314 e. The third-order valence-corrected chi connectivity index (χ3v) is 4.75. The third-order valence-electron chi connectivity index (χ3n) is 4.75. The molecule has 0 bridgehead atoms. The summed E-state index contributed by atoms with van der Waals surface area (Å²) in [5.74, 6) is -0.213. The van der Waals surface area contributed by atoms with E-state index in [1.54, 1.807) is 12.1 Å². The van der Waals surface area contributed by atoms with E-state index in [2.05, 4.69) is 32.6 Å². The van der Waals surface area contributed by atoms with E-state index in [4.69, 9.17) is 0 Å². The molecule has 1 aliphatic rings. The van der Waals surface area contributed by atoms with Gasteiger partial charge in [0.2, 0.25) is 0 Å². The van der Waals surface area contributed by atoms with Gasteiger partial charge in [0.25, 0.3) is 0 Å². The van der Waals surface area contributed by atoms with Gasteiger partial charge in [-0.05, 0) is 29.3 Å². The van der Waals surface area contributed by atoms with Crippen molar-refractivity contribution < 1.29 is 4.39 Å². The van der Waals surface area contributed by atoms with Crippen LogP contribution in [0.1, 0.15) is 22.7 Å². The molecule has 0 radical (unpaired) electrons. The highest BCUT2D eigenvalue weighted by Gasteiger charge is 2.24. The summed E-state index contributed by atoms with van der Waals surface area (Å²) in [7, 11) is 0. The van der Waals surface area contributed by atoms with Crippen molar-refractivity contribution in [1.82, 2.24) is 25.0 Å². The molecule has 1 aromatic carbocycles. The molecule has 1 saturated heterocycles. The molecular formula is C20H23ClFN5. The van der Waals surface area contributed by atoms with Crippen molar-refractivity contribution in [1.29, 1.82) is 0 Å². The van der Waals surface area contributed by atoms with Crippen molar-refractivity contribution in [3.05, 3.63) is 83.7 Å². The van der Waals surface area contributed by atoms with Crippen LogP contribution < -0.4 is 5.32 Å². The molecule has 1 N–H and O–H groups in total. The molecule has 0 saturated carbocycles. The summed E-state index contributed by atoms with van der Waals surface area (Å²) < 4.78 is 14.9. The number of benzene rings is 1. The van der Waals surface area contributed by atoms with Crippen molar-refractivity contribution in [2.75, 3.05) is 19.6 Å². The molecule has 5 nitrogen and oxygen atoms in total. The van der Waals surface area contributed by atoms with Crippen LogP contribution in [0.4, 0.5) is 4.39 Å². The summed E-state index contributed by atoms with van der Waals surface area (Å²) in [5.41, 5.74) is 3.46. The number of pyridine rings is 1. The zero-order valence-electron chi connectivity index (χ0n) is 15.0. The maximum atomic E-state index is 13.0. The van der Waals surface area contributed by atoms with Crippen molar-refractivity contribution in [2.45, 2.75) is 19.1 Å². The molecule has 27 heavy (non-hydrogen) atoms. The molecule has 0 spiro atoms. The molecule has 2 aromatic heterocycles. The smallest absolute Gasteiger partial charge is 0.123 e. The van der Waals surface area contributed by atoms with Crippen LogP contribution >= 0.6 is 12.4 Å². The van der Waals surface area contributed by atoms with Gasteiger partial charge in [-0.2, -0.15) is 5.10 Å². The van der Waals surface area contributed by atoms with Gasteiger partial charge in [0.05, 0.1) is 12.7 Å². The average Bonchev–Trinajstić information content (AvgIpc) is 3.12. The molecule has 142 valence electrons. The first kappa shape index (κ1) is 19.5. The second-order valence-corrected chi connectivity index (χ2v) is 6.65. The molecular weight excluding hydrogens is 365 g/mol. The number of aromatic nitrogens is 3. The van der Waals surface area contributed by atoms with Gasteiger partial charge in [-0.3, -0.25) is 14.6 Å². The van der Waals surface area contributed by atoms with E-state index in [-0.39, 0.29) is 18.2 Å². The predicted molar refractivity (Wildman–Crippen MR) is 105 cm³/mol. The second-order valence-electron chi connectivity index (χ2n) is 6.65. The Labute approximate surface area is 164 Å². The van der Waals surface area contributed by atoms with Gasteiger partial charge in [0.15, 0.2) is 0 Å². The third kappa shape index (κ3) is 4.91. The summed E-state index contributed by atoms with van der Waals surface area (Å²) >= 11 is 0. The molecule has 3 aromatic rings. The Bertz CT molecular complexity index is 837. The van der Waals surface area contributed by atoms with Gasteiger partial charge in [0, 0.05) is 56.4 Å². The summed E-state index contributed by atoms with van der Waals surface area (Å²) in [4.78, 5) is 6.73. The Kier molecular flexibility index (Phi) is 6.55. The van der Waals surface area contributed by atoms with Crippen LogP contribution in [0.25, 0.3) is 0 Å². The van der Waals surface area contributed by atoms with E-state index < -0.39 is 0 Å². The van der Waals surface area contributed by atoms with Gasteiger partial charge in [0.1, 0.15) is 5.82 Å². The highest BCUT2D eigenvalue weighted by atomic mass is 35.5. The van der Waals surface area contributed by atoms with Gasteiger partial charge in [-0.1, -0.05) is 18.2 Å². The van der Waals surface area contributed by atoms with Crippen molar-refractivity contribution in [3.63, 3.8) is 0 Å². The van der Waals surface area contributed by atoms with Gasteiger partial charge < -0.3 is 5.32 Å². The van der Waals surface area contributed by atoms with E-state index in [0.717, 1.165) is 31.7 Å². The lowest BCUT2D eigenvalue weighted by molar-refractivity contribution is 0.153. The van der Waals surface area contributed by atoms with Crippen molar-refractivity contribution >= 4 is 12.4 Å². The van der Waals surface area contributed by atoms with Crippen molar-refractivity contribution in [3.8, 4) is 0 Å².